The van der Waals surface area contributed by atoms with Crippen molar-refractivity contribution in [3.63, 3.8) is 0 Å². The highest BCUT2D eigenvalue weighted by Crippen LogP contribution is 2.36. The molecule has 0 aromatic carbocycles. The van der Waals surface area contributed by atoms with E-state index in [1.54, 1.807) is 0 Å². The van der Waals surface area contributed by atoms with Crippen LogP contribution in [-0.2, 0) is 0 Å². The lowest BCUT2D eigenvalue weighted by Crippen LogP contribution is -2.22. The van der Waals surface area contributed by atoms with Crippen molar-refractivity contribution < 1.29 is 0 Å². The van der Waals surface area contributed by atoms with E-state index in [-0.39, 0.29) is 0 Å². The fourth-order valence-electron chi connectivity index (χ4n) is 2.43. The summed E-state index contributed by atoms with van der Waals surface area (Å²) in [6, 6.07) is 0. The van der Waals surface area contributed by atoms with Crippen LogP contribution in [-0.4, -0.2) is 0 Å². The van der Waals surface area contributed by atoms with E-state index in [0.717, 1.165) is 17.8 Å². The van der Waals surface area contributed by atoms with Crippen LogP contribution in [0.15, 0.2) is 0 Å². The van der Waals surface area contributed by atoms with Gasteiger partial charge in [-0.15, -0.1) is 0 Å². The summed E-state index contributed by atoms with van der Waals surface area (Å²) in [5.74, 6) is 2.87. The second-order valence-corrected chi connectivity index (χ2v) is 4.27. The van der Waals surface area contributed by atoms with Crippen LogP contribution in [0.5, 0.6) is 0 Å². The molecule has 0 spiro atoms. The van der Waals surface area contributed by atoms with Crippen LogP contribution in [0.1, 0.15) is 52.9 Å². The van der Waals surface area contributed by atoms with Gasteiger partial charge in [0.1, 0.15) is 0 Å². The van der Waals surface area contributed by atoms with Gasteiger partial charge in [-0.25, -0.2) is 0 Å². The topological polar surface area (TPSA) is 0 Å². The van der Waals surface area contributed by atoms with Gasteiger partial charge in [-0.05, 0) is 37.0 Å². The Balaban J connectivity index is 2.41. The third-order valence-electron chi connectivity index (χ3n) is 3.44. The standard InChI is InChI=1S/C12H23/c1-4-10-7-11(5-2)9-12(6-3)8-10/h7,10-12H,4-6,8-9H2,1-3H3. The zero-order chi connectivity index (χ0) is 8.97. The average molecular weight is 167 g/mol. The maximum atomic E-state index is 2.62. The molecular weight excluding hydrogens is 144 g/mol. The second-order valence-electron chi connectivity index (χ2n) is 4.27. The van der Waals surface area contributed by atoms with E-state index in [1.807, 2.05) is 0 Å². The number of hydrogen-bond donors (Lipinski definition) is 0. The molecule has 0 saturated heterocycles. The first kappa shape index (κ1) is 10.1. The van der Waals surface area contributed by atoms with Crippen molar-refractivity contribution in [1.82, 2.24) is 0 Å². The van der Waals surface area contributed by atoms with E-state index >= 15 is 0 Å². The van der Waals surface area contributed by atoms with Crippen LogP contribution in [0.4, 0.5) is 0 Å². The molecule has 0 heterocycles. The molecule has 1 rings (SSSR count). The molecule has 0 nitrogen and oxygen atoms in total. The molecule has 1 fully saturated rings. The van der Waals surface area contributed by atoms with Crippen molar-refractivity contribution in [1.29, 1.82) is 0 Å². The minimum Gasteiger partial charge on any atom is -0.0651 e. The van der Waals surface area contributed by atoms with Gasteiger partial charge in [0.05, 0.1) is 0 Å². The van der Waals surface area contributed by atoms with Crippen molar-refractivity contribution >= 4 is 0 Å². The van der Waals surface area contributed by atoms with E-state index in [4.69, 9.17) is 0 Å². The van der Waals surface area contributed by atoms with Crippen LogP contribution < -0.4 is 0 Å². The summed E-state index contributed by atoms with van der Waals surface area (Å²) in [7, 11) is 0. The molecule has 0 aliphatic heterocycles. The van der Waals surface area contributed by atoms with E-state index in [2.05, 4.69) is 27.2 Å². The molecule has 1 aliphatic rings. The summed E-state index contributed by atoms with van der Waals surface area (Å²) in [5, 5.41) is 0. The average Bonchev–Trinajstić information content (AvgIpc) is 2.16. The van der Waals surface area contributed by atoms with Crippen molar-refractivity contribution in [2.24, 2.45) is 17.8 Å². The van der Waals surface area contributed by atoms with Gasteiger partial charge in [-0.1, -0.05) is 40.0 Å². The Hall–Kier alpha value is 0. The quantitative estimate of drug-likeness (QED) is 0.594. The van der Waals surface area contributed by atoms with E-state index in [9.17, 15) is 0 Å². The maximum absolute atomic E-state index is 2.62. The predicted octanol–water partition coefficient (Wildman–Crippen LogP) is 4.06. The largest absolute Gasteiger partial charge is 0.0651 e. The summed E-state index contributed by atoms with van der Waals surface area (Å²) in [6.45, 7) is 6.99. The minimum atomic E-state index is 0.925. The van der Waals surface area contributed by atoms with Gasteiger partial charge in [-0.3, -0.25) is 0 Å². The fourth-order valence-corrected chi connectivity index (χ4v) is 2.43. The lowest BCUT2D eigenvalue weighted by Gasteiger charge is -2.33. The molecule has 12 heavy (non-hydrogen) atoms. The first-order valence-electron chi connectivity index (χ1n) is 5.65. The van der Waals surface area contributed by atoms with Crippen LogP contribution in [0.3, 0.4) is 0 Å². The molecule has 1 aliphatic carbocycles. The van der Waals surface area contributed by atoms with Gasteiger partial charge in [0.25, 0.3) is 0 Å². The Morgan fingerprint density at radius 3 is 1.75 bits per heavy atom. The van der Waals surface area contributed by atoms with Gasteiger partial charge in [-0.2, -0.15) is 0 Å². The van der Waals surface area contributed by atoms with E-state index in [0.29, 0.717) is 0 Å². The van der Waals surface area contributed by atoms with Crippen molar-refractivity contribution in [3.8, 4) is 0 Å². The molecule has 2 atom stereocenters. The zero-order valence-electron chi connectivity index (χ0n) is 8.84. The number of hydrogen-bond acceptors (Lipinski definition) is 0. The van der Waals surface area contributed by atoms with Crippen molar-refractivity contribution in [2.45, 2.75) is 52.9 Å². The van der Waals surface area contributed by atoms with Gasteiger partial charge in [0.15, 0.2) is 0 Å². The normalized spacial score (nSPS) is 36.8. The van der Waals surface area contributed by atoms with Gasteiger partial charge in [0.2, 0.25) is 0 Å². The highest BCUT2D eigenvalue weighted by atomic mass is 14.3. The molecule has 2 unspecified atom stereocenters. The summed E-state index contributed by atoms with van der Waals surface area (Å²) in [6.07, 6.45) is 9.64. The smallest absolute Gasteiger partial charge is 0.0324 e. The Labute approximate surface area is 77.7 Å². The first-order valence-corrected chi connectivity index (χ1v) is 5.65. The molecule has 0 bridgehead atoms. The number of rotatable bonds is 3. The molecule has 1 saturated carbocycles. The SMILES string of the molecule is CCC1[CH]C(CC)CC(CC)C1. The van der Waals surface area contributed by atoms with E-state index in [1.165, 1.54) is 32.1 Å². The van der Waals surface area contributed by atoms with Crippen molar-refractivity contribution in [3.05, 3.63) is 6.42 Å². The lowest BCUT2D eigenvalue weighted by molar-refractivity contribution is 0.248. The predicted molar refractivity (Wildman–Crippen MR) is 54.9 cm³/mol. The molecule has 0 amide bonds. The third-order valence-corrected chi connectivity index (χ3v) is 3.44. The Morgan fingerprint density at radius 2 is 1.42 bits per heavy atom. The highest BCUT2D eigenvalue weighted by Gasteiger charge is 2.25. The molecule has 0 aromatic heterocycles. The molecule has 71 valence electrons. The summed E-state index contributed by atoms with van der Waals surface area (Å²) in [4.78, 5) is 0. The molecule has 0 aromatic rings. The van der Waals surface area contributed by atoms with Crippen LogP contribution in [0.2, 0.25) is 0 Å². The van der Waals surface area contributed by atoms with Gasteiger partial charge >= 0.3 is 0 Å². The lowest BCUT2D eigenvalue weighted by atomic mass is 9.72. The highest BCUT2D eigenvalue weighted by molar-refractivity contribution is 4.90. The molecule has 0 N–H and O–H groups in total. The molecule has 0 heteroatoms. The molecule has 1 radical (unpaired) electrons. The van der Waals surface area contributed by atoms with Crippen LogP contribution in [0.25, 0.3) is 0 Å². The Morgan fingerprint density at radius 1 is 0.917 bits per heavy atom. The van der Waals surface area contributed by atoms with Gasteiger partial charge in [0, 0.05) is 0 Å². The Kier molecular flexibility index (Phi) is 4.11. The third kappa shape index (κ3) is 2.50. The first-order chi connectivity index (χ1) is 5.80. The summed E-state index contributed by atoms with van der Waals surface area (Å²) >= 11 is 0. The minimum absolute atomic E-state index is 0.925. The zero-order valence-corrected chi connectivity index (χ0v) is 8.84. The fraction of sp³-hybridized carbons (Fsp3) is 0.917. The second kappa shape index (κ2) is 4.89. The van der Waals surface area contributed by atoms with Crippen molar-refractivity contribution in [2.75, 3.05) is 0 Å². The van der Waals surface area contributed by atoms with Gasteiger partial charge < -0.3 is 0 Å². The maximum Gasteiger partial charge on any atom is -0.0324 e. The Bertz CT molecular complexity index is 87.4. The van der Waals surface area contributed by atoms with Crippen LogP contribution >= 0.6 is 0 Å². The monoisotopic (exact) mass is 167 g/mol. The molecular formula is C12H23. The summed E-state index contributed by atoms with van der Waals surface area (Å²) < 4.78 is 0. The van der Waals surface area contributed by atoms with Crippen LogP contribution in [0, 0.1) is 24.2 Å². The summed E-state index contributed by atoms with van der Waals surface area (Å²) in [5.41, 5.74) is 0. The van der Waals surface area contributed by atoms with E-state index < -0.39 is 0 Å².